The first-order valence-corrected chi connectivity index (χ1v) is 8.67. The molecular formula is C19H21ClN2. The van der Waals surface area contributed by atoms with Crippen molar-refractivity contribution in [1.82, 2.24) is 9.88 Å². The molecular weight excluding hydrogens is 292 g/mol. The lowest BCUT2D eigenvalue weighted by Crippen LogP contribution is -2.35. The Morgan fingerprint density at radius 1 is 1.00 bits per heavy atom. The molecule has 1 fully saturated rings. The van der Waals surface area contributed by atoms with Gasteiger partial charge in [0.05, 0.1) is 11.7 Å². The Labute approximate surface area is 137 Å². The Morgan fingerprint density at radius 2 is 1.82 bits per heavy atom. The maximum absolute atomic E-state index is 6.25. The third kappa shape index (κ3) is 2.55. The van der Waals surface area contributed by atoms with Crippen LogP contribution in [0, 0.1) is 0 Å². The van der Waals surface area contributed by atoms with Gasteiger partial charge in [0.1, 0.15) is 0 Å². The number of piperidine rings is 1. The first-order valence-electron chi connectivity index (χ1n) is 8.29. The number of aromatic nitrogens is 1. The molecule has 2 aliphatic rings. The van der Waals surface area contributed by atoms with Crippen molar-refractivity contribution >= 4 is 11.6 Å². The summed E-state index contributed by atoms with van der Waals surface area (Å²) in [6.45, 7) is 2.34. The first kappa shape index (κ1) is 14.2. The predicted molar refractivity (Wildman–Crippen MR) is 90.4 cm³/mol. The molecule has 0 radical (unpaired) electrons. The Bertz CT molecular complexity index is 677. The zero-order chi connectivity index (χ0) is 14.9. The molecule has 2 heterocycles. The molecule has 0 N–H and O–H groups in total. The molecule has 114 valence electrons. The van der Waals surface area contributed by atoms with E-state index in [1.165, 1.54) is 54.7 Å². The topological polar surface area (TPSA) is 16.1 Å². The summed E-state index contributed by atoms with van der Waals surface area (Å²) < 4.78 is 0. The lowest BCUT2D eigenvalue weighted by atomic mass is 9.95. The van der Waals surface area contributed by atoms with Crippen LogP contribution in [-0.4, -0.2) is 23.0 Å². The molecule has 1 aromatic carbocycles. The molecule has 0 bridgehead atoms. The quantitative estimate of drug-likeness (QED) is 0.775. The number of benzene rings is 1. The normalized spacial score (nSPS) is 21.8. The van der Waals surface area contributed by atoms with E-state index >= 15 is 0 Å². The molecule has 1 atom stereocenters. The summed E-state index contributed by atoms with van der Waals surface area (Å²) in [7, 11) is 0. The van der Waals surface area contributed by atoms with Gasteiger partial charge in [-0.25, -0.2) is 0 Å². The highest BCUT2D eigenvalue weighted by molar-refractivity contribution is 6.30. The molecule has 1 unspecified atom stereocenters. The van der Waals surface area contributed by atoms with Crippen molar-refractivity contribution in [2.45, 2.75) is 38.1 Å². The van der Waals surface area contributed by atoms with Gasteiger partial charge < -0.3 is 0 Å². The minimum atomic E-state index is 0.297. The fourth-order valence-corrected chi connectivity index (χ4v) is 4.12. The molecule has 0 spiro atoms. The molecule has 3 heteroatoms. The molecule has 1 aliphatic heterocycles. The molecule has 2 aromatic rings. The monoisotopic (exact) mass is 312 g/mol. The Morgan fingerprint density at radius 3 is 2.68 bits per heavy atom. The van der Waals surface area contributed by atoms with Crippen LogP contribution in [0.5, 0.6) is 0 Å². The van der Waals surface area contributed by atoms with Crippen LogP contribution in [0.3, 0.4) is 0 Å². The predicted octanol–water partition coefficient (Wildman–Crippen LogP) is 4.41. The van der Waals surface area contributed by atoms with Crippen LogP contribution in [0.25, 0.3) is 0 Å². The molecule has 1 saturated heterocycles. The van der Waals surface area contributed by atoms with Crippen molar-refractivity contribution in [3.8, 4) is 0 Å². The lowest BCUT2D eigenvalue weighted by Gasteiger charge is -2.35. The van der Waals surface area contributed by atoms with Crippen molar-refractivity contribution < 1.29 is 0 Å². The zero-order valence-corrected chi connectivity index (χ0v) is 13.5. The van der Waals surface area contributed by atoms with Crippen LogP contribution in [-0.2, 0) is 12.8 Å². The first-order chi connectivity index (χ1) is 10.8. The number of likely N-dealkylation sites (tertiary alicyclic amines) is 1. The largest absolute Gasteiger partial charge is 0.291 e. The van der Waals surface area contributed by atoms with Crippen LogP contribution >= 0.6 is 11.6 Å². The summed E-state index contributed by atoms with van der Waals surface area (Å²) in [6.07, 6.45) is 7.99. The van der Waals surface area contributed by atoms with Crippen LogP contribution in [0.1, 0.15) is 47.7 Å². The fraction of sp³-hybridized carbons (Fsp3) is 0.421. The maximum atomic E-state index is 6.25. The van der Waals surface area contributed by atoms with E-state index in [9.17, 15) is 0 Å². The van der Waals surface area contributed by atoms with Crippen molar-refractivity contribution in [2.75, 3.05) is 13.1 Å². The number of fused-ring (bicyclic) bond motifs is 2. The molecule has 0 saturated carbocycles. The fourth-order valence-electron chi connectivity index (χ4n) is 3.93. The summed E-state index contributed by atoms with van der Waals surface area (Å²) in [4.78, 5) is 7.40. The van der Waals surface area contributed by atoms with E-state index < -0.39 is 0 Å². The van der Waals surface area contributed by atoms with Gasteiger partial charge in [0.25, 0.3) is 0 Å². The van der Waals surface area contributed by atoms with E-state index in [1.54, 1.807) is 0 Å². The number of halogens is 1. The molecule has 22 heavy (non-hydrogen) atoms. The number of nitrogens with zero attached hydrogens (tertiary/aromatic N) is 2. The third-order valence-electron chi connectivity index (χ3n) is 5.00. The average molecular weight is 313 g/mol. The highest BCUT2D eigenvalue weighted by Crippen LogP contribution is 2.37. The van der Waals surface area contributed by atoms with Gasteiger partial charge in [-0.2, -0.15) is 0 Å². The number of hydrogen-bond donors (Lipinski definition) is 0. The molecule has 1 aromatic heterocycles. The second-order valence-corrected chi connectivity index (χ2v) is 6.83. The van der Waals surface area contributed by atoms with E-state index in [1.807, 2.05) is 12.3 Å². The third-order valence-corrected chi connectivity index (χ3v) is 5.24. The molecule has 0 amide bonds. The van der Waals surface area contributed by atoms with E-state index in [4.69, 9.17) is 16.6 Å². The van der Waals surface area contributed by atoms with E-state index in [0.717, 1.165) is 17.9 Å². The lowest BCUT2D eigenvalue weighted by molar-refractivity contribution is 0.184. The van der Waals surface area contributed by atoms with Crippen molar-refractivity contribution in [3.63, 3.8) is 0 Å². The summed E-state index contributed by atoms with van der Waals surface area (Å²) in [6, 6.07) is 11.0. The molecule has 4 rings (SSSR count). The number of aryl methyl sites for hydroxylation is 2. The minimum Gasteiger partial charge on any atom is -0.291 e. The van der Waals surface area contributed by atoms with Crippen LogP contribution in [0.4, 0.5) is 0 Å². The highest BCUT2D eigenvalue weighted by atomic mass is 35.5. The van der Waals surface area contributed by atoms with E-state index in [0.29, 0.717) is 6.04 Å². The Hall–Kier alpha value is -1.38. The maximum Gasteiger partial charge on any atom is 0.0781 e. The molecule has 1 aliphatic carbocycles. The minimum absolute atomic E-state index is 0.297. The highest BCUT2D eigenvalue weighted by Gasteiger charge is 2.30. The van der Waals surface area contributed by atoms with Crippen LogP contribution < -0.4 is 0 Å². The van der Waals surface area contributed by atoms with Gasteiger partial charge in [-0.15, -0.1) is 0 Å². The second-order valence-electron chi connectivity index (χ2n) is 6.39. The van der Waals surface area contributed by atoms with Gasteiger partial charge >= 0.3 is 0 Å². The van der Waals surface area contributed by atoms with Crippen molar-refractivity contribution in [1.29, 1.82) is 0 Å². The van der Waals surface area contributed by atoms with Crippen LogP contribution in [0.15, 0.2) is 36.5 Å². The Balaban J connectivity index is 1.86. The second kappa shape index (κ2) is 6.02. The smallest absolute Gasteiger partial charge is 0.0781 e. The average Bonchev–Trinajstić information content (AvgIpc) is 2.72. The summed E-state index contributed by atoms with van der Waals surface area (Å²) >= 11 is 6.25. The number of hydrogen-bond acceptors (Lipinski definition) is 2. The zero-order valence-electron chi connectivity index (χ0n) is 12.8. The van der Waals surface area contributed by atoms with Gasteiger partial charge in [-0.1, -0.05) is 30.2 Å². The van der Waals surface area contributed by atoms with Gasteiger partial charge in [0.2, 0.25) is 0 Å². The van der Waals surface area contributed by atoms with Gasteiger partial charge in [-0.05, 0) is 73.7 Å². The van der Waals surface area contributed by atoms with Crippen LogP contribution in [0.2, 0.25) is 5.02 Å². The van der Waals surface area contributed by atoms with Gasteiger partial charge in [0, 0.05) is 11.2 Å². The van der Waals surface area contributed by atoms with Crippen molar-refractivity contribution in [3.05, 3.63) is 63.9 Å². The summed E-state index contributed by atoms with van der Waals surface area (Å²) in [5.41, 5.74) is 5.45. The number of rotatable bonds is 1. The standard InChI is InChI=1S/C19H21ClN2/c20-16-8-9-17-15(13-16)7-6-14-5-4-10-21-18(14)19(17)22-11-2-1-3-12-22/h4-5,8-10,13,19H,1-3,6-7,11-12H2. The van der Waals surface area contributed by atoms with E-state index in [-0.39, 0.29) is 0 Å². The summed E-state index contributed by atoms with van der Waals surface area (Å²) in [5.74, 6) is 0. The van der Waals surface area contributed by atoms with Crippen molar-refractivity contribution in [2.24, 2.45) is 0 Å². The van der Waals surface area contributed by atoms with E-state index in [2.05, 4.69) is 29.2 Å². The Kier molecular flexibility index (Phi) is 3.89. The van der Waals surface area contributed by atoms with Gasteiger partial charge in [0.15, 0.2) is 0 Å². The number of pyridine rings is 1. The molecule has 2 nitrogen and oxygen atoms in total. The van der Waals surface area contributed by atoms with Gasteiger partial charge in [-0.3, -0.25) is 9.88 Å². The summed E-state index contributed by atoms with van der Waals surface area (Å²) in [5, 5.41) is 0.843. The SMILES string of the molecule is Clc1ccc2c(c1)CCc1cccnc1C2N1CCCCC1.